The Hall–Kier alpha value is -1.06. The highest BCUT2D eigenvalue weighted by molar-refractivity contribution is 5.85. The molecule has 0 saturated carbocycles. The third-order valence-corrected chi connectivity index (χ3v) is 4.75. The van der Waals surface area contributed by atoms with Gasteiger partial charge in [0.25, 0.3) is 0 Å². The van der Waals surface area contributed by atoms with Gasteiger partial charge in [-0.1, -0.05) is 58.4 Å². The summed E-state index contributed by atoms with van der Waals surface area (Å²) in [6.07, 6.45) is 1.86. The minimum Gasteiger partial charge on any atom is -0.465 e. The van der Waals surface area contributed by atoms with Crippen LogP contribution in [0.1, 0.15) is 57.6 Å². The molecule has 0 spiro atoms. The van der Waals surface area contributed by atoms with E-state index >= 15 is 0 Å². The second kappa shape index (κ2) is 12.3. The van der Waals surface area contributed by atoms with Gasteiger partial charge in [0.2, 0.25) is 0 Å². The number of hydrogen-bond acceptors (Lipinski definition) is 3. The van der Waals surface area contributed by atoms with E-state index in [0.717, 1.165) is 43.6 Å². The Balaban J connectivity index is 0.00000529. The smallest absolute Gasteiger partial charge is 0.313 e. The van der Waals surface area contributed by atoms with Crippen molar-refractivity contribution in [2.75, 3.05) is 26.2 Å². The third-order valence-electron chi connectivity index (χ3n) is 4.75. The molecular weight excluding hydrogens is 322 g/mol. The van der Waals surface area contributed by atoms with Crippen molar-refractivity contribution in [1.82, 2.24) is 4.90 Å². The van der Waals surface area contributed by atoms with Crippen molar-refractivity contribution in [2.45, 2.75) is 53.4 Å². The highest BCUT2D eigenvalue weighted by Gasteiger charge is 2.28. The minimum absolute atomic E-state index is 0. The van der Waals surface area contributed by atoms with Gasteiger partial charge in [0.15, 0.2) is 0 Å². The second-order valence-electron chi connectivity index (χ2n) is 6.27. The number of esters is 1. The Kier molecular flexibility index (Phi) is 11.8. The Labute approximate surface area is 154 Å². The van der Waals surface area contributed by atoms with Crippen molar-refractivity contribution in [3.63, 3.8) is 0 Å². The molecule has 0 radical (unpaired) electrons. The molecule has 4 heteroatoms. The number of carbonyl (C=O) groups excluding carboxylic acids is 1. The molecule has 1 aromatic rings. The lowest BCUT2D eigenvalue weighted by Gasteiger charge is -2.24. The number of aryl methyl sites for hydroxylation is 1. The molecule has 0 bridgehead atoms. The lowest BCUT2D eigenvalue weighted by Crippen LogP contribution is -2.27. The molecule has 2 unspecified atom stereocenters. The van der Waals surface area contributed by atoms with Crippen molar-refractivity contribution in [3.05, 3.63) is 35.4 Å². The molecule has 0 heterocycles. The molecule has 0 amide bonds. The monoisotopic (exact) mass is 355 g/mol. The summed E-state index contributed by atoms with van der Waals surface area (Å²) >= 11 is 0. The molecule has 0 aliphatic carbocycles. The molecule has 0 aliphatic rings. The van der Waals surface area contributed by atoms with E-state index in [9.17, 15) is 4.79 Å². The number of benzene rings is 1. The van der Waals surface area contributed by atoms with Gasteiger partial charge in [-0.05, 0) is 43.5 Å². The maximum absolute atomic E-state index is 12.6. The van der Waals surface area contributed by atoms with Gasteiger partial charge in [0, 0.05) is 6.54 Å². The number of halogens is 1. The number of rotatable bonds is 10. The predicted molar refractivity (Wildman–Crippen MR) is 104 cm³/mol. The van der Waals surface area contributed by atoms with Gasteiger partial charge < -0.3 is 9.64 Å². The Morgan fingerprint density at radius 2 is 1.79 bits per heavy atom. The SMILES string of the molecule is CCC(C)C(C(=O)OCCCN(CC)CC)c1ccccc1C.Cl. The van der Waals surface area contributed by atoms with Crippen LogP contribution in [0.15, 0.2) is 24.3 Å². The standard InChI is InChI=1S/C20H33NO2.ClH/c1-6-16(4)19(18-13-10-9-12-17(18)5)20(22)23-15-11-14-21(7-2)8-3;/h9-10,12-13,16,19H,6-8,11,14-15H2,1-5H3;1H. The molecule has 1 rings (SSSR count). The number of hydrogen-bond donors (Lipinski definition) is 0. The molecule has 0 saturated heterocycles. The van der Waals surface area contributed by atoms with Crippen LogP contribution in [0.3, 0.4) is 0 Å². The zero-order valence-electron chi connectivity index (χ0n) is 15.9. The van der Waals surface area contributed by atoms with Gasteiger partial charge in [0.1, 0.15) is 0 Å². The molecular formula is C20H34ClNO2. The van der Waals surface area contributed by atoms with Crippen LogP contribution in [0.4, 0.5) is 0 Å². The maximum atomic E-state index is 12.6. The lowest BCUT2D eigenvalue weighted by molar-refractivity contribution is -0.147. The zero-order chi connectivity index (χ0) is 17.2. The van der Waals surface area contributed by atoms with Crippen molar-refractivity contribution in [2.24, 2.45) is 5.92 Å². The van der Waals surface area contributed by atoms with Gasteiger partial charge in [-0.15, -0.1) is 12.4 Å². The van der Waals surface area contributed by atoms with Gasteiger partial charge >= 0.3 is 5.97 Å². The first-order valence-electron chi connectivity index (χ1n) is 8.99. The first kappa shape index (κ1) is 22.9. The topological polar surface area (TPSA) is 29.5 Å². The molecule has 138 valence electrons. The fraction of sp³-hybridized carbons (Fsp3) is 0.650. The van der Waals surface area contributed by atoms with Gasteiger partial charge in [-0.3, -0.25) is 4.79 Å². The van der Waals surface area contributed by atoms with E-state index in [1.165, 1.54) is 0 Å². The summed E-state index contributed by atoms with van der Waals surface area (Å²) < 4.78 is 5.61. The predicted octanol–water partition coefficient (Wildman–Crippen LogP) is 4.82. The first-order chi connectivity index (χ1) is 11.0. The zero-order valence-corrected chi connectivity index (χ0v) is 16.7. The second-order valence-corrected chi connectivity index (χ2v) is 6.27. The molecule has 1 aromatic carbocycles. The molecule has 3 nitrogen and oxygen atoms in total. The highest BCUT2D eigenvalue weighted by Crippen LogP contribution is 2.30. The van der Waals surface area contributed by atoms with E-state index in [2.05, 4.69) is 51.7 Å². The summed E-state index contributed by atoms with van der Waals surface area (Å²) in [4.78, 5) is 15.0. The lowest BCUT2D eigenvalue weighted by atomic mass is 9.83. The van der Waals surface area contributed by atoms with Gasteiger partial charge in [-0.25, -0.2) is 0 Å². The first-order valence-corrected chi connectivity index (χ1v) is 8.99. The Morgan fingerprint density at radius 3 is 2.33 bits per heavy atom. The van der Waals surface area contributed by atoms with E-state index in [-0.39, 0.29) is 30.2 Å². The average molecular weight is 356 g/mol. The van der Waals surface area contributed by atoms with Crippen LogP contribution in [0, 0.1) is 12.8 Å². The van der Waals surface area contributed by atoms with Crippen LogP contribution in [-0.4, -0.2) is 37.1 Å². The van der Waals surface area contributed by atoms with E-state index < -0.39 is 0 Å². The van der Waals surface area contributed by atoms with Crippen molar-refractivity contribution >= 4 is 18.4 Å². The van der Waals surface area contributed by atoms with Crippen LogP contribution in [0.5, 0.6) is 0 Å². The van der Waals surface area contributed by atoms with E-state index in [0.29, 0.717) is 6.61 Å². The van der Waals surface area contributed by atoms with Crippen LogP contribution in [-0.2, 0) is 9.53 Å². The van der Waals surface area contributed by atoms with Crippen LogP contribution < -0.4 is 0 Å². The molecule has 0 N–H and O–H groups in total. The van der Waals surface area contributed by atoms with Gasteiger partial charge in [0.05, 0.1) is 12.5 Å². The maximum Gasteiger partial charge on any atom is 0.313 e. The van der Waals surface area contributed by atoms with E-state index in [4.69, 9.17) is 4.74 Å². The summed E-state index contributed by atoms with van der Waals surface area (Å²) in [6, 6.07) is 8.15. The quantitative estimate of drug-likeness (QED) is 0.445. The van der Waals surface area contributed by atoms with E-state index in [1.807, 2.05) is 12.1 Å². The molecule has 2 atom stereocenters. The number of carbonyl (C=O) groups is 1. The summed E-state index contributed by atoms with van der Waals surface area (Å²) in [5.41, 5.74) is 2.27. The van der Waals surface area contributed by atoms with Crippen LogP contribution >= 0.6 is 12.4 Å². The normalized spacial score (nSPS) is 13.2. The Morgan fingerprint density at radius 1 is 1.17 bits per heavy atom. The van der Waals surface area contributed by atoms with E-state index in [1.54, 1.807) is 0 Å². The van der Waals surface area contributed by atoms with Crippen molar-refractivity contribution in [3.8, 4) is 0 Å². The minimum atomic E-state index is -0.158. The largest absolute Gasteiger partial charge is 0.465 e. The number of ether oxygens (including phenoxy) is 1. The molecule has 24 heavy (non-hydrogen) atoms. The van der Waals surface area contributed by atoms with Crippen molar-refractivity contribution < 1.29 is 9.53 Å². The highest BCUT2D eigenvalue weighted by atomic mass is 35.5. The van der Waals surface area contributed by atoms with Crippen LogP contribution in [0.2, 0.25) is 0 Å². The van der Waals surface area contributed by atoms with Crippen LogP contribution in [0.25, 0.3) is 0 Å². The summed E-state index contributed by atoms with van der Waals surface area (Å²) in [7, 11) is 0. The summed E-state index contributed by atoms with van der Waals surface area (Å²) in [5.74, 6) is 0.0502. The van der Waals surface area contributed by atoms with Crippen molar-refractivity contribution in [1.29, 1.82) is 0 Å². The third kappa shape index (κ3) is 6.82. The summed E-state index contributed by atoms with van der Waals surface area (Å²) in [5, 5.41) is 0. The molecule has 0 aliphatic heterocycles. The molecule has 0 aromatic heterocycles. The Bertz CT molecular complexity index is 474. The number of nitrogens with zero attached hydrogens (tertiary/aromatic N) is 1. The fourth-order valence-corrected chi connectivity index (χ4v) is 2.93. The average Bonchev–Trinajstić information content (AvgIpc) is 2.56. The summed E-state index contributed by atoms with van der Waals surface area (Å²) in [6.45, 7) is 14.2. The molecule has 0 fully saturated rings. The fourth-order valence-electron chi connectivity index (χ4n) is 2.93. The van der Waals surface area contributed by atoms with Gasteiger partial charge in [-0.2, -0.15) is 0 Å².